The average Bonchev–Trinajstić information content (AvgIpc) is 1.63. The van der Waals surface area contributed by atoms with Gasteiger partial charge < -0.3 is 29.0 Å². The fourth-order valence-corrected chi connectivity index (χ4v) is 16.4. The minimum atomic E-state index is -1.45. The molecule has 0 fully saturated rings. The summed E-state index contributed by atoms with van der Waals surface area (Å²) in [4.78, 5) is 52.5. The normalized spacial score (nSPS) is 10.7. The van der Waals surface area contributed by atoms with Crippen LogP contribution in [0.15, 0.2) is 471 Å². The summed E-state index contributed by atoms with van der Waals surface area (Å²) in [7, 11) is -1.45. The molecule has 0 saturated heterocycles. The van der Waals surface area contributed by atoms with Crippen LogP contribution in [0.4, 0.5) is 0 Å². The highest BCUT2D eigenvalue weighted by atomic mass is 79.9. The number of furan rings is 3. The largest absolute Gasteiger partial charge is 0.488 e. The molecule has 22 heteroatoms. The van der Waals surface area contributed by atoms with Crippen LogP contribution >= 0.6 is 108 Å². The molecule has 0 aliphatic heterocycles. The van der Waals surface area contributed by atoms with E-state index in [0.717, 1.165) is 200 Å². The first-order chi connectivity index (χ1) is 67.1. The number of aromatic nitrogens is 4. The Morgan fingerprint density at radius 2 is 0.590 bits per heavy atom. The van der Waals surface area contributed by atoms with E-state index in [1.807, 2.05) is 224 Å². The number of hydrogen-bond donors (Lipinski definition) is 4. The van der Waals surface area contributed by atoms with Crippen molar-refractivity contribution in [1.29, 1.82) is 5.41 Å². The lowest BCUT2D eigenvalue weighted by molar-refractivity contribution is 0.101. The number of nitrogens with zero attached hydrogens (tertiary/aromatic N) is 4. The van der Waals surface area contributed by atoms with Gasteiger partial charge in [0.1, 0.15) is 45.6 Å². The van der Waals surface area contributed by atoms with Crippen LogP contribution in [0.1, 0.15) is 49.1 Å². The Balaban J connectivity index is 0.000000138. The topological polar surface area (TPSA) is 233 Å². The highest BCUT2D eigenvalue weighted by molar-refractivity contribution is 9.11. The van der Waals surface area contributed by atoms with Gasteiger partial charge in [0, 0.05) is 115 Å². The summed E-state index contributed by atoms with van der Waals surface area (Å²) in [6.07, 6.45) is 4.23. The number of hydrogen-bond acceptors (Lipinski definition) is 13. The Morgan fingerprint density at radius 1 is 0.302 bits per heavy atom. The summed E-state index contributed by atoms with van der Waals surface area (Å²) < 4.78 is 23.8. The smallest absolute Gasteiger partial charge is 0.456 e. The Labute approximate surface area is 859 Å². The molecule has 0 aliphatic carbocycles. The molecular weight excluding hydrogens is 2140 g/mol. The highest BCUT2D eigenvalue weighted by Gasteiger charge is 2.19. The zero-order valence-electron chi connectivity index (χ0n) is 74.1. The van der Waals surface area contributed by atoms with Gasteiger partial charge in [-0.3, -0.25) is 19.8 Å². The minimum Gasteiger partial charge on any atom is -0.456 e. The molecule has 22 aromatic rings. The quantitative estimate of drug-likeness (QED) is 0.0187. The number of amidine groups is 1. The first-order valence-electron chi connectivity index (χ1n) is 43.5. The zero-order chi connectivity index (χ0) is 96.0. The molecule has 5 aromatic heterocycles. The van der Waals surface area contributed by atoms with Crippen molar-refractivity contribution in [2.45, 2.75) is 6.92 Å². The van der Waals surface area contributed by atoms with E-state index in [9.17, 15) is 14.4 Å². The molecule has 139 heavy (non-hydrogen) atoms. The van der Waals surface area contributed by atoms with Crippen LogP contribution in [0, 0.1) is 5.41 Å². The number of rotatable bonds is 15. The molecule has 0 unspecified atom stereocenters. The van der Waals surface area contributed by atoms with Gasteiger partial charge in [0.05, 0.1) is 22.8 Å². The van der Waals surface area contributed by atoms with E-state index in [4.69, 9.17) is 54.4 Å². The second-order valence-electron chi connectivity index (χ2n) is 31.4. The van der Waals surface area contributed by atoms with Gasteiger partial charge in [-0.25, -0.2) is 19.9 Å². The molecule has 14 nitrogen and oxygen atoms in total. The summed E-state index contributed by atoms with van der Waals surface area (Å²) >= 11 is 20.2. The number of para-hydroxylation sites is 3. The summed E-state index contributed by atoms with van der Waals surface area (Å²) in [5.41, 5.74) is 29.0. The third kappa shape index (κ3) is 26.1. The molecular formula is C117H82BBr6ClN6O8. The first-order valence-corrected chi connectivity index (χ1v) is 48.2. The zero-order valence-corrected chi connectivity index (χ0v) is 84.4. The predicted molar refractivity (Wildman–Crippen MR) is 591 cm³/mol. The number of nitrogen functional groups attached to an aromatic ring is 1. The Hall–Kier alpha value is -14.3. The molecule has 0 saturated carbocycles. The fourth-order valence-electron chi connectivity index (χ4n) is 14.8. The maximum Gasteiger partial charge on any atom is 0.488 e. The summed E-state index contributed by atoms with van der Waals surface area (Å²) in [6, 6.07) is 139. The molecule has 17 aromatic carbocycles. The van der Waals surface area contributed by atoms with Gasteiger partial charge >= 0.3 is 7.12 Å². The predicted octanol–water partition coefficient (Wildman–Crippen LogP) is 32.3. The third-order valence-electron chi connectivity index (χ3n) is 22.0. The van der Waals surface area contributed by atoms with Crippen LogP contribution in [0.3, 0.4) is 0 Å². The number of fused-ring (bicyclic) bond motifs is 9. The van der Waals surface area contributed by atoms with Crippen LogP contribution in [-0.4, -0.2) is 60.8 Å². The Bertz CT molecular complexity index is 7810. The molecule has 22 rings (SSSR count). The van der Waals surface area contributed by atoms with Crippen molar-refractivity contribution < 1.29 is 37.7 Å². The Morgan fingerprint density at radius 3 is 0.935 bits per heavy atom. The number of allylic oxidation sites excluding steroid dienone is 1. The van der Waals surface area contributed by atoms with Crippen molar-refractivity contribution in [3.05, 3.63) is 485 Å². The maximum atomic E-state index is 11.9. The fraction of sp³-hybridized carbons (Fsp3) is 0.00855. The van der Waals surface area contributed by atoms with Crippen molar-refractivity contribution in [2.75, 3.05) is 0 Å². The SMILES string of the molecule is Brc1ccc(-c2cc(-c3ccc(Br)cc3)nc(-c3ccccc3)n2)cc1.CC(=O)c1ccc(Br)cc1.Cl.N=C(N)c1ccccc1.O=C(/C=C/c1ccc(Br)cc1)c1ccc(Br)cc1.O=Cc1ccc(Br)cc1.OB(O)c1ccc2oc3ccccc3c2c1.c1ccc(-c2nc(-c3ccc(-c4ccc5oc6ccccc6c5c4)cc3)cc(-c3ccc(-c4ccc5oc6ccccc6c5c4)cc3)n2)cc1. The van der Waals surface area contributed by atoms with Gasteiger partial charge in [0.25, 0.3) is 0 Å². The number of carbonyl (C=O) groups excluding carboxylic acids is 3. The average molecular weight is 2230 g/mol. The molecule has 5 N–H and O–H groups in total. The van der Waals surface area contributed by atoms with Gasteiger partial charge in [-0.15, -0.1) is 12.4 Å². The molecule has 0 aliphatic rings. The third-order valence-corrected chi connectivity index (χ3v) is 25.2. The minimum absolute atomic E-state index is 0. The van der Waals surface area contributed by atoms with E-state index in [2.05, 4.69) is 247 Å². The number of benzene rings is 17. The highest BCUT2D eigenvalue weighted by Crippen LogP contribution is 2.39. The van der Waals surface area contributed by atoms with E-state index in [1.165, 1.54) is 0 Å². The monoisotopic (exact) mass is 2220 g/mol. The first kappa shape index (κ1) is 99.2. The molecule has 680 valence electrons. The number of ketones is 2. The lowest BCUT2D eigenvalue weighted by atomic mass is 9.80. The number of carbonyl (C=O) groups is 3. The standard InChI is InChI=1S/C46H28N2O2.C22H14Br2N2.C15H10Br2O.C12H9BO3.C8H7BrO.C7H5BrO.C7H8N2.ClH/c1-2-8-33(9-3-1)46-47-40(31-18-14-29(15-19-31)34-22-24-44-38(26-34)36-10-4-6-12-42(36)49-44)28-41(48-46)32-20-16-30(17-21-32)35-23-25-45-39(27-35)37-11-5-7-13-43(37)50-45;23-18-10-6-15(7-11-18)20-14-21(16-8-12-19(24)13-9-16)26-22(25-20)17-4-2-1-3-5-17;16-13-6-1-11(2-7-13)3-10-15(18)12-4-8-14(17)9-5-12;14-13(15)8-5-6-12-10(7-8)9-3-1-2-4-11(9)16-12;1-6(10)7-2-4-8(9)5-3-7;8-7-3-1-6(5-9)2-4-7;8-7(9)6-4-2-1-3-5-6;/h1-28H;1-14H;1-10H;1-7,14-15H;2-5H,1H3;1-5H;1-5H,(H3,8,9);1H/b;;10-3+;;;;;. The number of Topliss-reactive ketones (excluding diaryl/α,β-unsaturated/α-hetero) is 1. The molecule has 0 spiro atoms. The number of nitrogens with one attached hydrogen (secondary N) is 1. The van der Waals surface area contributed by atoms with E-state index >= 15 is 0 Å². The van der Waals surface area contributed by atoms with E-state index in [-0.39, 0.29) is 29.8 Å². The number of nitrogens with two attached hydrogens (primary N) is 1. The lowest BCUT2D eigenvalue weighted by Crippen LogP contribution is -2.29. The van der Waals surface area contributed by atoms with Gasteiger partial charge in [-0.1, -0.05) is 381 Å². The van der Waals surface area contributed by atoms with E-state index < -0.39 is 7.12 Å². The van der Waals surface area contributed by atoms with Gasteiger partial charge in [-0.05, 0) is 192 Å². The number of halogens is 7. The van der Waals surface area contributed by atoms with Crippen molar-refractivity contribution in [3.8, 4) is 90.1 Å². The van der Waals surface area contributed by atoms with Gasteiger partial charge in [0.2, 0.25) is 0 Å². The summed E-state index contributed by atoms with van der Waals surface area (Å²) in [6.45, 7) is 1.56. The van der Waals surface area contributed by atoms with Gasteiger partial charge in [0.15, 0.2) is 23.2 Å². The molecule has 0 amide bonds. The van der Waals surface area contributed by atoms with E-state index in [0.29, 0.717) is 22.4 Å². The molecule has 0 radical (unpaired) electrons. The van der Waals surface area contributed by atoms with Crippen LogP contribution in [0.2, 0.25) is 0 Å². The van der Waals surface area contributed by atoms with Crippen LogP contribution in [-0.2, 0) is 0 Å². The van der Waals surface area contributed by atoms with Gasteiger partial charge in [-0.2, -0.15) is 0 Å². The lowest BCUT2D eigenvalue weighted by Gasteiger charge is -2.11. The van der Waals surface area contributed by atoms with E-state index in [1.54, 1.807) is 67.6 Å². The Kier molecular flexibility index (Phi) is 34.0. The summed E-state index contributed by atoms with van der Waals surface area (Å²) in [5.74, 6) is 1.65. The van der Waals surface area contributed by atoms with Crippen LogP contribution < -0.4 is 11.2 Å². The van der Waals surface area contributed by atoms with Crippen molar-refractivity contribution in [3.63, 3.8) is 0 Å². The molecule has 0 atom stereocenters. The van der Waals surface area contributed by atoms with Crippen molar-refractivity contribution in [1.82, 2.24) is 19.9 Å². The van der Waals surface area contributed by atoms with Crippen LogP contribution in [0.5, 0.6) is 0 Å². The second-order valence-corrected chi connectivity index (χ2v) is 36.9. The van der Waals surface area contributed by atoms with Crippen molar-refractivity contribution >= 4 is 216 Å². The molecule has 0 bridgehead atoms. The van der Waals surface area contributed by atoms with Crippen LogP contribution in [0.25, 0.3) is 162 Å². The molecule has 5 heterocycles. The summed E-state index contributed by atoms with van der Waals surface area (Å²) in [5, 5.41) is 31.6. The maximum absolute atomic E-state index is 11.9. The van der Waals surface area contributed by atoms with Crippen molar-refractivity contribution in [2.24, 2.45) is 5.73 Å². The number of aldehydes is 1. The second kappa shape index (κ2) is 47.6.